The number of oxime groups is 1. The molecule has 0 aliphatic rings. The molecule has 6 nitrogen and oxygen atoms in total. The van der Waals surface area contributed by atoms with Gasteiger partial charge in [-0.15, -0.1) is 0 Å². The lowest BCUT2D eigenvalue weighted by Gasteiger charge is -2.01. The van der Waals surface area contributed by atoms with Crippen molar-refractivity contribution in [3.05, 3.63) is 40.9 Å². The molecule has 0 bridgehead atoms. The highest BCUT2D eigenvalue weighted by atomic mass is 79.9. The van der Waals surface area contributed by atoms with Crippen LogP contribution in [-0.2, 0) is 0 Å². The molecule has 0 atom stereocenters. The number of hydrogen-bond donors (Lipinski definition) is 2. The molecular weight excluding hydrogens is 318 g/mol. The van der Waals surface area contributed by atoms with Gasteiger partial charge in [-0.3, -0.25) is 0 Å². The molecule has 0 aromatic carbocycles. The van der Waals surface area contributed by atoms with E-state index in [1.807, 2.05) is 12.1 Å². The van der Waals surface area contributed by atoms with Gasteiger partial charge in [-0.05, 0) is 39.8 Å². The van der Waals surface area contributed by atoms with Crippen molar-refractivity contribution in [2.24, 2.45) is 10.9 Å². The van der Waals surface area contributed by atoms with Crippen LogP contribution in [0.2, 0.25) is 0 Å². The van der Waals surface area contributed by atoms with Crippen LogP contribution in [0.3, 0.4) is 0 Å². The Hall–Kier alpha value is -1.67. The maximum Gasteiger partial charge on any atom is 0.190 e. The minimum absolute atomic E-state index is 0.0687. The molecular formula is C10H8BrN5OS. The normalized spacial score (nSPS) is 11.5. The molecule has 0 spiro atoms. The van der Waals surface area contributed by atoms with E-state index in [4.69, 9.17) is 10.9 Å². The molecule has 92 valence electrons. The summed E-state index contributed by atoms with van der Waals surface area (Å²) in [5.74, 6) is -0.0687. The SMILES string of the molecule is NC(=NO)c1cnc(Sc2ccc(Br)cn2)cn1. The molecule has 2 aromatic heterocycles. The van der Waals surface area contributed by atoms with Crippen molar-refractivity contribution in [1.29, 1.82) is 0 Å². The molecule has 0 saturated carbocycles. The first kappa shape index (κ1) is 12.8. The van der Waals surface area contributed by atoms with Crippen molar-refractivity contribution >= 4 is 33.5 Å². The fourth-order valence-electron chi connectivity index (χ4n) is 1.08. The van der Waals surface area contributed by atoms with Crippen molar-refractivity contribution in [1.82, 2.24) is 15.0 Å². The van der Waals surface area contributed by atoms with E-state index in [2.05, 4.69) is 36.0 Å². The van der Waals surface area contributed by atoms with E-state index >= 15 is 0 Å². The Kier molecular flexibility index (Phi) is 4.11. The fourth-order valence-corrected chi connectivity index (χ4v) is 1.98. The van der Waals surface area contributed by atoms with Gasteiger partial charge in [-0.1, -0.05) is 5.16 Å². The van der Waals surface area contributed by atoms with E-state index in [0.717, 1.165) is 9.50 Å². The number of amidine groups is 1. The number of nitrogens with two attached hydrogens (primary N) is 1. The Morgan fingerprint density at radius 2 is 1.94 bits per heavy atom. The second-order valence-corrected chi connectivity index (χ2v) is 5.10. The quantitative estimate of drug-likeness (QED) is 0.387. The molecule has 18 heavy (non-hydrogen) atoms. The van der Waals surface area contributed by atoms with Crippen LogP contribution in [0.4, 0.5) is 0 Å². The van der Waals surface area contributed by atoms with Crippen LogP contribution < -0.4 is 5.73 Å². The van der Waals surface area contributed by atoms with Gasteiger partial charge in [0, 0.05) is 10.7 Å². The van der Waals surface area contributed by atoms with Crippen molar-refractivity contribution in [3.63, 3.8) is 0 Å². The highest BCUT2D eigenvalue weighted by Crippen LogP contribution is 2.24. The summed E-state index contributed by atoms with van der Waals surface area (Å²) in [5, 5.41) is 12.8. The van der Waals surface area contributed by atoms with Gasteiger partial charge in [0.25, 0.3) is 0 Å². The number of rotatable bonds is 3. The number of nitrogens with zero attached hydrogens (tertiary/aromatic N) is 4. The molecule has 0 saturated heterocycles. The van der Waals surface area contributed by atoms with Gasteiger partial charge in [0.2, 0.25) is 0 Å². The van der Waals surface area contributed by atoms with Crippen LogP contribution in [0.15, 0.2) is 50.4 Å². The van der Waals surface area contributed by atoms with Crippen molar-refractivity contribution in [2.45, 2.75) is 10.1 Å². The topological polar surface area (TPSA) is 97.3 Å². The molecule has 0 aliphatic carbocycles. The maximum atomic E-state index is 8.49. The van der Waals surface area contributed by atoms with Gasteiger partial charge in [-0.2, -0.15) is 0 Å². The Morgan fingerprint density at radius 1 is 1.17 bits per heavy atom. The van der Waals surface area contributed by atoms with Crippen LogP contribution in [0.5, 0.6) is 0 Å². The minimum atomic E-state index is -0.0687. The number of pyridine rings is 1. The summed E-state index contributed by atoms with van der Waals surface area (Å²) in [6, 6.07) is 3.77. The molecule has 2 heterocycles. The van der Waals surface area contributed by atoms with E-state index in [1.165, 1.54) is 18.0 Å². The first-order valence-corrected chi connectivity index (χ1v) is 6.39. The third-order valence-corrected chi connectivity index (χ3v) is 3.25. The highest BCUT2D eigenvalue weighted by Gasteiger charge is 2.04. The molecule has 2 aromatic rings. The van der Waals surface area contributed by atoms with Crippen LogP contribution in [-0.4, -0.2) is 26.0 Å². The highest BCUT2D eigenvalue weighted by molar-refractivity contribution is 9.10. The molecule has 0 amide bonds. The lowest BCUT2D eigenvalue weighted by molar-refractivity contribution is 0.318. The van der Waals surface area contributed by atoms with E-state index in [-0.39, 0.29) is 5.84 Å². The maximum absolute atomic E-state index is 8.49. The first-order valence-electron chi connectivity index (χ1n) is 4.78. The van der Waals surface area contributed by atoms with E-state index in [0.29, 0.717) is 10.7 Å². The van der Waals surface area contributed by atoms with Gasteiger partial charge in [0.1, 0.15) is 15.7 Å². The molecule has 0 fully saturated rings. The van der Waals surface area contributed by atoms with Gasteiger partial charge in [-0.25, -0.2) is 15.0 Å². The molecule has 0 aliphatic heterocycles. The van der Waals surface area contributed by atoms with Crippen molar-refractivity contribution < 1.29 is 5.21 Å². The second-order valence-electron chi connectivity index (χ2n) is 3.14. The van der Waals surface area contributed by atoms with Crippen molar-refractivity contribution in [3.8, 4) is 0 Å². The second kappa shape index (κ2) is 5.78. The third-order valence-electron chi connectivity index (χ3n) is 1.91. The summed E-state index contributed by atoms with van der Waals surface area (Å²) in [5.41, 5.74) is 5.71. The predicted molar refractivity (Wildman–Crippen MR) is 70.6 cm³/mol. The van der Waals surface area contributed by atoms with Gasteiger partial charge in [0.15, 0.2) is 5.84 Å². The number of aromatic nitrogens is 3. The lowest BCUT2D eigenvalue weighted by atomic mass is 10.4. The zero-order valence-corrected chi connectivity index (χ0v) is 11.4. The fraction of sp³-hybridized carbons (Fsp3) is 0. The zero-order valence-electron chi connectivity index (χ0n) is 8.99. The summed E-state index contributed by atoms with van der Waals surface area (Å²) < 4.78 is 0.917. The third kappa shape index (κ3) is 3.17. The Balaban J connectivity index is 2.13. The van der Waals surface area contributed by atoms with Crippen LogP contribution in [0, 0.1) is 0 Å². The monoisotopic (exact) mass is 325 g/mol. The van der Waals surface area contributed by atoms with Gasteiger partial charge in [0.05, 0.1) is 12.4 Å². The summed E-state index contributed by atoms with van der Waals surface area (Å²) in [6.45, 7) is 0. The summed E-state index contributed by atoms with van der Waals surface area (Å²) in [4.78, 5) is 12.4. The smallest absolute Gasteiger partial charge is 0.190 e. The van der Waals surface area contributed by atoms with E-state index < -0.39 is 0 Å². The largest absolute Gasteiger partial charge is 0.409 e. The number of hydrogen-bond acceptors (Lipinski definition) is 6. The summed E-state index contributed by atoms with van der Waals surface area (Å²) >= 11 is 4.69. The lowest BCUT2D eigenvalue weighted by Crippen LogP contribution is -2.15. The zero-order chi connectivity index (χ0) is 13.0. The van der Waals surface area contributed by atoms with Crippen LogP contribution >= 0.6 is 27.7 Å². The summed E-state index contributed by atoms with van der Waals surface area (Å²) in [7, 11) is 0. The first-order chi connectivity index (χ1) is 8.69. The van der Waals surface area contributed by atoms with Gasteiger partial charge >= 0.3 is 0 Å². The van der Waals surface area contributed by atoms with E-state index in [1.54, 1.807) is 12.4 Å². The predicted octanol–water partition coefficient (Wildman–Crippen LogP) is 1.88. The standard InChI is InChI=1S/C10H8BrN5OS/c11-6-1-2-8(14-3-6)18-9-5-13-7(4-15-9)10(12)16-17/h1-5,17H,(H2,12,16). The van der Waals surface area contributed by atoms with E-state index in [9.17, 15) is 0 Å². The molecule has 0 unspecified atom stereocenters. The summed E-state index contributed by atoms with van der Waals surface area (Å²) in [6.07, 6.45) is 4.69. The Labute approximate surface area is 115 Å². The molecule has 8 heteroatoms. The average molecular weight is 326 g/mol. The molecule has 0 radical (unpaired) electrons. The average Bonchev–Trinajstić information content (AvgIpc) is 2.41. The minimum Gasteiger partial charge on any atom is -0.409 e. The molecule has 3 N–H and O–H groups in total. The molecule has 2 rings (SSSR count). The van der Waals surface area contributed by atoms with Crippen molar-refractivity contribution in [2.75, 3.05) is 0 Å². The number of halogens is 1. The Bertz CT molecular complexity index is 557. The van der Waals surface area contributed by atoms with Gasteiger partial charge < -0.3 is 10.9 Å². The Morgan fingerprint density at radius 3 is 2.50 bits per heavy atom. The van der Waals surface area contributed by atoms with Crippen LogP contribution in [0.1, 0.15) is 5.69 Å². The van der Waals surface area contributed by atoms with Crippen LogP contribution in [0.25, 0.3) is 0 Å².